The third-order valence-corrected chi connectivity index (χ3v) is 6.63. The number of benzene rings is 2. The van der Waals surface area contributed by atoms with Gasteiger partial charge in [0.1, 0.15) is 12.4 Å². The molecule has 3 aromatic rings. The zero-order chi connectivity index (χ0) is 22.0. The Morgan fingerprint density at radius 3 is 2.94 bits per heavy atom. The van der Waals surface area contributed by atoms with Gasteiger partial charge >= 0.3 is 5.97 Å². The van der Waals surface area contributed by atoms with Crippen LogP contribution in [0.4, 0.5) is 0 Å². The highest BCUT2D eigenvalue weighted by molar-refractivity contribution is 5.90. The molecular weight excluding hydrogens is 402 g/mol. The standard InChI is InChI=1S/C26H29N3O3/c1-31-24(30)10-8-19-7-9-23-22(17-19)21-11-13-27-26(25(21)28-23)12-14-29(18-26)15-16-32-20-5-3-2-4-6-20/h2-10,17,27-28H,11-16,18H2,1H3/b10-8+. The minimum absolute atomic E-state index is 0.0403. The van der Waals surface area contributed by atoms with Crippen LogP contribution in [0.3, 0.4) is 0 Å². The van der Waals surface area contributed by atoms with Gasteiger partial charge in [0.2, 0.25) is 0 Å². The van der Waals surface area contributed by atoms with Gasteiger partial charge in [-0.25, -0.2) is 4.79 Å². The van der Waals surface area contributed by atoms with Crippen molar-refractivity contribution in [2.45, 2.75) is 18.4 Å². The van der Waals surface area contributed by atoms with Crippen LogP contribution in [0, 0.1) is 0 Å². The number of hydrogen-bond donors (Lipinski definition) is 2. The Morgan fingerprint density at radius 1 is 1.22 bits per heavy atom. The number of aromatic nitrogens is 1. The average Bonchev–Trinajstić information content (AvgIpc) is 3.41. The van der Waals surface area contributed by atoms with E-state index in [1.807, 2.05) is 42.5 Å². The highest BCUT2D eigenvalue weighted by atomic mass is 16.5. The first-order valence-electron chi connectivity index (χ1n) is 11.2. The van der Waals surface area contributed by atoms with E-state index in [2.05, 4.69) is 27.3 Å². The van der Waals surface area contributed by atoms with Crippen molar-refractivity contribution in [3.8, 4) is 5.75 Å². The lowest BCUT2D eigenvalue weighted by Gasteiger charge is -2.35. The molecule has 1 spiro atoms. The fraction of sp³-hybridized carbons (Fsp3) is 0.346. The molecule has 6 heteroatoms. The maximum absolute atomic E-state index is 11.5. The number of carbonyl (C=O) groups is 1. The van der Waals surface area contributed by atoms with E-state index in [1.165, 1.54) is 29.8 Å². The summed E-state index contributed by atoms with van der Waals surface area (Å²) in [6.07, 6.45) is 5.35. The lowest BCUT2D eigenvalue weighted by molar-refractivity contribution is -0.134. The Hall–Kier alpha value is -3.09. The fourth-order valence-corrected chi connectivity index (χ4v) is 5.02. The molecule has 2 aliphatic rings. The molecule has 2 aromatic carbocycles. The fourth-order valence-electron chi connectivity index (χ4n) is 5.02. The van der Waals surface area contributed by atoms with Gasteiger partial charge in [0.25, 0.3) is 0 Å². The quantitative estimate of drug-likeness (QED) is 0.462. The predicted molar refractivity (Wildman–Crippen MR) is 126 cm³/mol. The van der Waals surface area contributed by atoms with E-state index in [4.69, 9.17) is 9.47 Å². The molecular formula is C26H29N3O3. The van der Waals surface area contributed by atoms with Crippen LogP contribution in [-0.2, 0) is 21.5 Å². The third kappa shape index (κ3) is 4.04. The number of nitrogens with zero attached hydrogens (tertiary/aromatic N) is 1. The number of carbonyl (C=O) groups excluding carboxylic acids is 1. The van der Waals surface area contributed by atoms with Gasteiger partial charge in [-0.05, 0) is 54.3 Å². The van der Waals surface area contributed by atoms with Crippen molar-refractivity contribution in [1.82, 2.24) is 15.2 Å². The van der Waals surface area contributed by atoms with E-state index in [0.717, 1.165) is 55.9 Å². The van der Waals surface area contributed by atoms with Crippen molar-refractivity contribution in [3.63, 3.8) is 0 Å². The second-order valence-electron chi connectivity index (χ2n) is 8.59. The molecule has 0 radical (unpaired) electrons. The number of fused-ring (bicyclic) bond motifs is 4. The normalized spacial score (nSPS) is 20.8. The summed E-state index contributed by atoms with van der Waals surface area (Å²) in [5.74, 6) is 0.582. The summed E-state index contributed by atoms with van der Waals surface area (Å²) in [4.78, 5) is 17.7. The van der Waals surface area contributed by atoms with E-state index in [0.29, 0.717) is 6.61 Å². The summed E-state index contributed by atoms with van der Waals surface area (Å²) in [6, 6.07) is 16.3. The minimum Gasteiger partial charge on any atom is -0.492 e. The summed E-state index contributed by atoms with van der Waals surface area (Å²) in [6.45, 7) is 4.59. The van der Waals surface area contributed by atoms with Gasteiger partial charge in [0.15, 0.2) is 0 Å². The van der Waals surface area contributed by atoms with Crippen LogP contribution < -0.4 is 10.1 Å². The third-order valence-electron chi connectivity index (χ3n) is 6.63. The van der Waals surface area contributed by atoms with Crippen LogP contribution in [0.5, 0.6) is 5.75 Å². The molecule has 0 amide bonds. The van der Waals surface area contributed by atoms with E-state index in [1.54, 1.807) is 0 Å². The largest absolute Gasteiger partial charge is 0.492 e. The van der Waals surface area contributed by atoms with E-state index in [-0.39, 0.29) is 11.5 Å². The van der Waals surface area contributed by atoms with Crippen LogP contribution >= 0.6 is 0 Å². The summed E-state index contributed by atoms with van der Waals surface area (Å²) in [5, 5.41) is 5.07. The lowest BCUT2D eigenvalue weighted by atomic mass is 9.86. The second kappa shape index (κ2) is 8.81. The van der Waals surface area contributed by atoms with Crippen molar-refractivity contribution in [1.29, 1.82) is 0 Å². The number of nitrogens with one attached hydrogen (secondary N) is 2. The molecule has 2 aliphatic heterocycles. The van der Waals surface area contributed by atoms with Crippen molar-refractivity contribution in [2.24, 2.45) is 0 Å². The van der Waals surface area contributed by atoms with Crippen molar-refractivity contribution in [3.05, 3.63) is 71.4 Å². The Kier molecular flexibility index (Phi) is 5.72. The number of hydrogen-bond acceptors (Lipinski definition) is 5. The van der Waals surface area contributed by atoms with Gasteiger partial charge in [0.05, 0.1) is 12.6 Å². The second-order valence-corrected chi connectivity index (χ2v) is 8.59. The number of esters is 1. The van der Waals surface area contributed by atoms with Gasteiger partial charge in [0, 0.05) is 48.9 Å². The molecule has 0 aliphatic carbocycles. The molecule has 1 atom stereocenters. The predicted octanol–water partition coefficient (Wildman–Crippen LogP) is 3.48. The van der Waals surface area contributed by atoms with Crippen LogP contribution in [0.15, 0.2) is 54.6 Å². The molecule has 6 nitrogen and oxygen atoms in total. The molecule has 2 N–H and O–H groups in total. The molecule has 32 heavy (non-hydrogen) atoms. The first-order valence-corrected chi connectivity index (χ1v) is 11.2. The Balaban J connectivity index is 1.33. The summed E-state index contributed by atoms with van der Waals surface area (Å²) in [7, 11) is 1.39. The monoisotopic (exact) mass is 431 g/mol. The zero-order valence-electron chi connectivity index (χ0n) is 18.4. The molecule has 0 bridgehead atoms. The molecule has 166 valence electrons. The molecule has 0 saturated carbocycles. The summed E-state index contributed by atoms with van der Waals surface area (Å²) < 4.78 is 10.6. The van der Waals surface area contributed by atoms with Crippen molar-refractivity contribution in [2.75, 3.05) is 39.9 Å². The van der Waals surface area contributed by atoms with Crippen LogP contribution in [0.1, 0.15) is 23.2 Å². The lowest BCUT2D eigenvalue weighted by Crippen LogP contribution is -2.49. The van der Waals surface area contributed by atoms with Gasteiger partial charge in [-0.2, -0.15) is 0 Å². The maximum atomic E-state index is 11.5. The first-order chi connectivity index (χ1) is 15.7. The van der Waals surface area contributed by atoms with E-state index >= 15 is 0 Å². The molecule has 1 fully saturated rings. The average molecular weight is 432 g/mol. The number of methoxy groups -OCH3 is 1. The maximum Gasteiger partial charge on any atom is 0.330 e. The first kappa shape index (κ1) is 20.8. The van der Waals surface area contributed by atoms with Gasteiger partial charge in [-0.1, -0.05) is 24.3 Å². The van der Waals surface area contributed by atoms with Crippen LogP contribution in [0.25, 0.3) is 17.0 Å². The topological polar surface area (TPSA) is 66.6 Å². The minimum atomic E-state index is -0.341. The van der Waals surface area contributed by atoms with Crippen LogP contribution in [-0.4, -0.2) is 55.7 Å². The van der Waals surface area contributed by atoms with Gasteiger partial charge in [-0.15, -0.1) is 0 Å². The Bertz CT molecular complexity index is 1140. The van der Waals surface area contributed by atoms with Crippen LogP contribution in [0.2, 0.25) is 0 Å². The Morgan fingerprint density at radius 2 is 2.09 bits per heavy atom. The molecule has 1 saturated heterocycles. The smallest absolute Gasteiger partial charge is 0.330 e. The number of rotatable bonds is 6. The number of ether oxygens (including phenoxy) is 2. The summed E-state index contributed by atoms with van der Waals surface area (Å²) in [5.41, 5.74) is 4.83. The van der Waals surface area contributed by atoms with E-state index < -0.39 is 0 Å². The number of aromatic amines is 1. The summed E-state index contributed by atoms with van der Waals surface area (Å²) >= 11 is 0. The number of likely N-dealkylation sites (tertiary alicyclic amines) is 1. The Labute approximate surface area is 188 Å². The molecule has 3 heterocycles. The SMILES string of the molecule is COC(=O)/C=C/c1ccc2[nH]c3c(c2c1)CCNC31CCN(CCOc2ccccc2)C1. The van der Waals surface area contributed by atoms with Gasteiger partial charge < -0.3 is 19.8 Å². The number of para-hydroxylation sites is 1. The van der Waals surface area contributed by atoms with E-state index in [9.17, 15) is 4.79 Å². The zero-order valence-corrected chi connectivity index (χ0v) is 18.4. The molecule has 1 aromatic heterocycles. The highest BCUT2D eigenvalue weighted by Crippen LogP contribution is 2.39. The highest BCUT2D eigenvalue weighted by Gasteiger charge is 2.43. The van der Waals surface area contributed by atoms with Crippen molar-refractivity contribution < 1.29 is 14.3 Å². The van der Waals surface area contributed by atoms with Crippen molar-refractivity contribution >= 4 is 22.9 Å². The van der Waals surface area contributed by atoms with Gasteiger partial charge in [-0.3, -0.25) is 4.90 Å². The molecule has 1 unspecified atom stereocenters. The molecule has 5 rings (SSSR count). The number of H-pyrrole nitrogens is 1.